The topological polar surface area (TPSA) is 38.9 Å². The van der Waals surface area contributed by atoms with E-state index in [0.717, 1.165) is 17.7 Å². The SMILES string of the molecule is CC(/C=C\N)=C/Cc1cc(C)ccn1. The molecule has 0 bridgehead atoms. The minimum Gasteiger partial charge on any atom is -0.405 e. The molecule has 0 aliphatic carbocycles. The van der Waals surface area contributed by atoms with Gasteiger partial charge >= 0.3 is 0 Å². The van der Waals surface area contributed by atoms with Gasteiger partial charge in [-0.3, -0.25) is 4.98 Å². The number of nitrogens with two attached hydrogens (primary N) is 1. The highest BCUT2D eigenvalue weighted by Crippen LogP contribution is 2.03. The van der Waals surface area contributed by atoms with Crippen LogP contribution in [0.4, 0.5) is 0 Å². The Balaban J connectivity index is 2.66. The first-order valence-electron chi connectivity index (χ1n) is 4.69. The van der Waals surface area contributed by atoms with Gasteiger partial charge in [-0.1, -0.05) is 11.6 Å². The zero-order valence-corrected chi connectivity index (χ0v) is 8.70. The summed E-state index contributed by atoms with van der Waals surface area (Å²) in [6.07, 6.45) is 8.25. The molecular weight excluding hydrogens is 172 g/mol. The molecule has 0 aliphatic heterocycles. The van der Waals surface area contributed by atoms with Gasteiger partial charge in [0.05, 0.1) is 0 Å². The van der Waals surface area contributed by atoms with Crippen LogP contribution < -0.4 is 5.73 Å². The second-order valence-electron chi connectivity index (χ2n) is 3.34. The molecule has 0 fully saturated rings. The van der Waals surface area contributed by atoms with Crippen LogP contribution in [0.3, 0.4) is 0 Å². The average molecular weight is 188 g/mol. The molecule has 14 heavy (non-hydrogen) atoms. The van der Waals surface area contributed by atoms with E-state index >= 15 is 0 Å². The molecule has 0 amide bonds. The molecule has 74 valence electrons. The van der Waals surface area contributed by atoms with E-state index in [1.807, 2.05) is 25.3 Å². The van der Waals surface area contributed by atoms with Crippen molar-refractivity contribution in [2.45, 2.75) is 20.3 Å². The van der Waals surface area contributed by atoms with Crippen LogP contribution in [0.2, 0.25) is 0 Å². The molecule has 1 heterocycles. The zero-order chi connectivity index (χ0) is 10.4. The van der Waals surface area contributed by atoms with Crippen molar-refractivity contribution in [2.24, 2.45) is 5.73 Å². The molecule has 2 nitrogen and oxygen atoms in total. The highest BCUT2D eigenvalue weighted by molar-refractivity contribution is 5.21. The summed E-state index contributed by atoms with van der Waals surface area (Å²) < 4.78 is 0. The van der Waals surface area contributed by atoms with Crippen LogP contribution >= 0.6 is 0 Å². The molecule has 0 unspecified atom stereocenters. The molecule has 2 N–H and O–H groups in total. The van der Waals surface area contributed by atoms with Crippen LogP contribution in [-0.4, -0.2) is 4.98 Å². The molecule has 0 radical (unpaired) electrons. The van der Waals surface area contributed by atoms with E-state index in [2.05, 4.69) is 24.1 Å². The van der Waals surface area contributed by atoms with Gasteiger partial charge in [0.15, 0.2) is 0 Å². The minimum atomic E-state index is 0.859. The van der Waals surface area contributed by atoms with Gasteiger partial charge in [0.25, 0.3) is 0 Å². The Kier molecular flexibility index (Phi) is 3.92. The number of pyridine rings is 1. The standard InChI is InChI=1S/C12H16N2/c1-10(5-7-13)3-4-12-9-11(2)6-8-14-12/h3,5-9H,4,13H2,1-2H3/b7-5-,10-3-. The van der Waals surface area contributed by atoms with Gasteiger partial charge in [-0.05, 0) is 43.8 Å². The van der Waals surface area contributed by atoms with Crippen molar-refractivity contribution >= 4 is 0 Å². The molecule has 0 spiro atoms. The van der Waals surface area contributed by atoms with Gasteiger partial charge in [0.1, 0.15) is 0 Å². The number of hydrogen-bond acceptors (Lipinski definition) is 2. The summed E-state index contributed by atoms with van der Waals surface area (Å²) >= 11 is 0. The Morgan fingerprint density at radius 3 is 3.00 bits per heavy atom. The van der Waals surface area contributed by atoms with E-state index < -0.39 is 0 Å². The second kappa shape index (κ2) is 5.22. The van der Waals surface area contributed by atoms with E-state index in [1.165, 1.54) is 5.56 Å². The fourth-order valence-corrected chi connectivity index (χ4v) is 1.20. The summed E-state index contributed by atoms with van der Waals surface area (Å²) in [4.78, 5) is 4.27. The van der Waals surface area contributed by atoms with Gasteiger partial charge in [-0.15, -0.1) is 0 Å². The monoisotopic (exact) mass is 188 g/mol. The number of rotatable bonds is 3. The van der Waals surface area contributed by atoms with E-state index in [1.54, 1.807) is 6.20 Å². The molecule has 0 saturated carbocycles. The van der Waals surface area contributed by atoms with Crippen LogP contribution in [0, 0.1) is 6.92 Å². The molecule has 0 aliphatic rings. The lowest BCUT2D eigenvalue weighted by Crippen LogP contribution is -1.88. The Labute approximate surface area is 85.2 Å². The number of aryl methyl sites for hydroxylation is 1. The summed E-state index contributed by atoms with van der Waals surface area (Å²) in [5, 5.41) is 0. The highest BCUT2D eigenvalue weighted by Gasteiger charge is 1.91. The van der Waals surface area contributed by atoms with Crippen molar-refractivity contribution in [1.29, 1.82) is 0 Å². The molecule has 0 aromatic carbocycles. The van der Waals surface area contributed by atoms with Gasteiger partial charge in [0, 0.05) is 18.3 Å². The van der Waals surface area contributed by atoms with Crippen molar-refractivity contribution in [2.75, 3.05) is 0 Å². The molecular formula is C12H16N2. The lowest BCUT2D eigenvalue weighted by atomic mass is 10.1. The maximum atomic E-state index is 5.29. The molecule has 1 aromatic rings. The molecule has 0 saturated heterocycles. The van der Waals surface area contributed by atoms with E-state index in [4.69, 9.17) is 5.73 Å². The largest absolute Gasteiger partial charge is 0.405 e. The Morgan fingerprint density at radius 2 is 2.36 bits per heavy atom. The van der Waals surface area contributed by atoms with Gasteiger partial charge in [0.2, 0.25) is 0 Å². The smallest absolute Gasteiger partial charge is 0.0444 e. The third kappa shape index (κ3) is 3.44. The number of hydrogen-bond donors (Lipinski definition) is 1. The second-order valence-corrected chi connectivity index (χ2v) is 3.34. The van der Waals surface area contributed by atoms with Crippen molar-refractivity contribution < 1.29 is 0 Å². The predicted molar refractivity (Wildman–Crippen MR) is 59.8 cm³/mol. The van der Waals surface area contributed by atoms with E-state index in [-0.39, 0.29) is 0 Å². The van der Waals surface area contributed by atoms with Crippen LogP contribution in [0.5, 0.6) is 0 Å². The maximum Gasteiger partial charge on any atom is 0.0444 e. The van der Waals surface area contributed by atoms with Crippen molar-refractivity contribution in [3.63, 3.8) is 0 Å². The van der Waals surface area contributed by atoms with Crippen LogP contribution in [0.15, 0.2) is 42.3 Å². The fraction of sp³-hybridized carbons (Fsp3) is 0.250. The Hall–Kier alpha value is -1.57. The first-order valence-corrected chi connectivity index (χ1v) is 4.69. The molecule has 1 rings (SSSR count). The van der Waals surface area contributed by atoms with Gasteiger partial charge in [-0.2, -0.15) is 0 Å². The van der Waals surface area contributed by atoms with Gasteiger partial charge < -0.3 is 5.73 Å². The van der Waals surface area contributed by atoms with E-state index in [9.17, 15) is 0 Å². The summed E-state index contributed by atoms with van der Waals surface area (Å²) in [6, 6.07) is 4.09. The molecule has 2 heteroatoms. The van der Waals surface area contributed by atoms with Crippen LogP contribution in [0.1, 0.15) is 18.2 Å². The first kappa shape index (κ1) is 10.5. The lowest BCUT2D eigenvalue weighted by Gasteiger charge is -1.97. The van der Waals surface area contributed by atoms with Crippen molar-refractivity contribution in [1.82, 2.24) is 4.98 Å². The summed E-state index contributed by atoms with van der Waals surface area (Å²) in [5.41, 5.74) is 8.79. The first-order chi connectivity index (χ1) is 6.72. The fourth-order valence-electron chi connectivity index (χ4n) is 1.20. The minimum absolute atomic E-state index is 0.859. The summed E-state index contributed by atoms with van der Waals surface area (Å²) in [5.74, 6) is 0. The van der Waals surface area contributed by atoms with Gasteiger partial charge in [-0.25, -0.2) is 0 Å². The normalized spacial score (nSPS) is 12.3. The Bertz CT molecular complexity index is 351. The van der Waals surface area contributed by atoms with Crippen molar-refractivity contribution in [3.05, 3.63) is 53.5 Å². The summed E-state index contributed by atoms with van der Waals surface area (Å²) in [6.45, 7) is 4.10. The average Bonchev–Trinajstić information content (AvgIpc) is 2.15. The maximum absolute atomic E-state index is 5.29. The highest BCUT2D eigenvalue weighted by atomic mass is 14.7. The zero-order valence-electron chi connectivity index (χ0n) is 8.70. The number of allylic oxidation sites excluding steroid dienone is 3. The lowest BCUT2D eigenvalue weighted by molar-refractivity contribution is 1.09. The number of aromatic nitrogens is 1. The summed E-state index contributed by atoms with van der Waals surface area (Å²) in [7, 11) is 0. The quantitative estimate of drug-likeness (QED) is 0.739. The molecule has 1 aromatic heterocycles. The van der Waals surface area contributed by atoms with Crippen LogP contribution in [-0.2, 0) is 6.42 Å². The predicted octanol–water partition coefficient (Wildman–Crippen LogP) is 2.35. The third-order valence-corrected chi connectivity index (χ3v) is 1.96. The number of nitrogens with zero attached hydrogens (tertiary/aromatic N) is 1. The Morgan fingerprint density at radius 1 is 1.57 bits per heavy atom. The van der Waals surface area contributed by atoms with E-state index in [0.29, 0.717) is 0 Å². The third-order valence-electron chi connectivity index (χ3n) is 1.96. The van der Waals surface area contributed by atoms with Crippen molar-refractivity contribution in [3.8, 4) is 0 Å². The van der Waals surface area contributed by atoms with Crippen LogP contribution in [0.25, 0.3) is 0 Å². The molecule has 0 atom stereocenters.